The minimum atomic E-state index is -0.203. The monoisotopic (exact) mass is 324 g/mol. The molecule has 1 amide bonds. The predicted molar refractivity (Wildman–Crippen MR) is 74.6 cm³/mol. The average molecular weight is 326 g/mol. The van der Waals surface area contributed by atoms with Gasteiger partial charge in [-0.2, -0.15) is 0 Å². The Hall–Kier alpha value is -1.39. The highest BCUT2D eigenvalue weighted by Crippen LogP contribution is 2.14. The van der Waals surface area contributed by atoms with Crippen LogP contribution < -0.4 is 5.32 Å². The third-order valence-corrected chi connectivity index (χ3v) is 3.21. The Labute approximate surface area is 118 Å². The number of nitrogens with zero attached hydrogens (tertiary/aromatic N) is 1. The normalized spacial score (nSPS) is 10.1. The van der Waals surface area contributed by atoms with E-state index in [0.29, 0.717) is 17.1 Å². The molecule has 1 aromatic carbocycles. The van der Waals surface area contributed by atoms with Crippen LogP contribution in [0.5, 0.6) is 0 Å². The SMILES string of the molecule is O=C(NCc1ccc(Br)cc1)c1ccncc1Cl. The van der Waals surface area contributed by atoms with E-state index in [4.69, 9.17) is 11.6 Å². The standard InChI is InChI=1S/C13H10BrClN2O/c14-10-3-1-9(2-4-10)7-17-13(18)11-5-6-16-8-12(11)15/h1-6,8H,7H2,(H,17,18). The molecule has 0 spiro atoms. The number of hydrogen-bond acceptors (Lipinski definition) is 2. The molecule has 0 radical (unpaired) electrons. The molecule has 0 saturated carbocycles. The predicted octanol–water partition coefficient (Wildman–Crippen LogP) is 3.43. The molecule has 0 aliphatic carbocycles. The van der Waals surface area contributed by atoms with E-state index < -0.39 is 0 Å². The molecule has 0 unspecified atom stereocenters. The third-order valence-electron chi connectivity index (χ3n) is 2.38. The van der Waals surface area contributed by atoms with E-state index in [1.165, 1.54) is 6.20 Å². The molecule has 3 nitrogen and oxygen atoms in total. The highest BCUT2D eigenvalue weighted by atomic mass is 79.9. The van der Waals surface area contributed by atoms with Crippen molar-refractivity contribution < 1.29 is 4.79 Å². The van der Waals surface area contributed by atoms with Crippen LogP contribution in [0, 0.1) is 0 Å². The summed E-state index contributed by atoms with van der Waals surface area (Å²) in [6, 6.07) is 9.35. The van der Waals surface area contributed by atoms with Crippen LogP contribution in [0.4, 0.5) is 0 Å². The molecule has 2 rings (SSSR count). The van der Waals surface area contributed by atoms with Gasteiger partial charge in [-0.25, -0.2) is 0 Å². The van der Waals surface area contributed by atoms with Gasteiger partial charge in [0, 0.05) is 23.4 Å². The first kappa shape index (κ1) is 13.1. The maximum absolute atomic E-state index is 11.9. The smallest absolute Gasteiger partial charge is 0.253 e. The first-order valence-electron chi connectivity index (χ1n) is 5.29. The van der Waals surface area contributed by atoms with Gasteiger partial charge in [0.2, 0.25) is 0 Å². The maximum atomic E-state index is 11.9. The van der Waals surface area contributed by atoms with Crippen molar-refractivity contribution in [2.45, 2.75) is 6.54 Å². The quantitative estimate of drug-likeness (QED) is 0.939. The molecule has 0 aliphatic rings. The summed E-state index contributed by atoms with van der Waals surface area (Å²) in [4.78, 5) is 15.7. The number of amides is 1. The molecule has 0 aliphatic heterocycles. The van der Waals surface area contributed by atoms with Crippen molar-refractivity contribution in [1.29, 1.82) is 0 Å². The van der Waals surface area contributed by atoms with E-state index in [-0.39, 0.29) is 5.91 Å². The lowest BCUT2D eigenvalue weighted by Gasteiger charge is -2.06. The fraction of sp³-hybridized carbons (Fsp3) is 0.0769. The Morgan fingerprint density at radius 2 is 2.00 bits per heavy atom. The Morgan fingerprint density at radius 3 is 2.67 bits per heavy atom. The summed E-state index contributed by atoms with van der Waals surface area (Å²) in [5.74, 6) is -0.203. The van der Waals surface area contributed by atoms with Crippen LogP contribution in [0.25, 0.3) is 0 Å². The van der Waals surface area contributed by atoms with E-state index in [2.05, 4.69) is 26.2 Å². The number of hydrogen-bond donors (Lipinski definition) is 1. The zero-order valence-electron chi connectivity index (χ0n) is 9.36. The molecule has 18 heavy (non-hydrogen) atoms. The number of halogens is 2. The van der Waals surface area contributed by atoms with Crippen molar-refractivity contribution in [3.05, 3.63) is 63.3 Å². The molecule has 1 aromatic heterocycles. The largest absolute Gasteiger partial charge is 0.348 e. The van der Waals surface area contributed by atoms with Crippen molar-refractivity contribution in [2.75, 3.05) is 0 Å². The number of aromatic nitrogens is 1. The van der Waals surface area contributed by atoms with E-state index in [1.807, 2.05) is 24.3 Å². The van der Waals surface area contributed by atoms with Crippen LogP contribution in [0.15, 0.2) is 47.2 Å². The molecule has 0 fully saturated rings. The summed E-state index contributed by atoms with van der Waals surface area (Å²) >= 11 is 9.25. The van der Waals surface area contributed by atoms with Gasteiger partial charge in [0.05, 0.1) is 10.6 Å². The summed E-state index contributed by atoms with van der Waals surface area (Å²) in [6.45, 7) is 0.463. The maximum Gasteiger partial charge on any atom is 0.253 e. The molecular weight excluding hydrogens is 316 g/mol. The van der Waals surface area contributed by atoms with Gasteiger partial charge in [0.1, 0.15) is 0 Å². The van der Waals surface area contributed by atoms with Crippen molar-refractivity contribution in [1.82, 2.24) is 10.3 Å². The van der Waals surface area contributed by atoms with Crippen LogP contribution in [-0.4, -0.2) is 10.9 Å². The molecule has 1 N–H and O–H groups in total. The molecule has 2 aromatic rings. The number of carbonyl (C=O) groups excluding carboxylic acids is 1. The van der Waals surface area contributed by atoms with Crippen LogP contribution in [0.2, 0.25) is 5.02 Å². The second-order valence-corrected chi connectivity index (χ2v) is 4.99. The molecule has 92 valence electrons. The van der Waals surface area contributed by atoms with E-state index in [9.17, 15) is 4.79 Å². The van der Waals surface area contributed by atoms with Gasteiger partial charge in [0.15, 0.2) is 0 Å². The van der Waals surface area contributed by atoms with E-state index >= 15 is 0 Å². The Morgan fingerprint density at radius 1 is 1.28 bits per heavy atom. The van der Waals surface area contributed by atoms with E-state index in [1.54, 1.807) is 12.3 Å². The number of carbonyl (C=O) groups is 1. The lowest BCUT2D eigenvalue weighted by molar-refractivity contribution is 0.0951. The first-order valence-corrected chi connectivity index (χ1v) is 6.46. The van der Waals surface area contributed by atoms with Crippen LogP contribution >= 0.6 is 27.5 Å². The van der Waals surface area contributed by atoms with Gasteiger partial charge in [-0.3, -0.25) is 9.78 Å². The van der Waals surface area contributed by atoms with Crippen molar-refractivity contribution in [2.24, 2.45) is 0 Å². The zero-order chi connectivity index (χ0) is 13.0. The van der Waals surface area contributed by atoms with Crippen LogP contribution in [0.3, 0.4) is 0 Å². The summed E-state index contributed by atoms with van der Waals surface area (Å²) in [5, 5.41) is 3.16. The number of benzene rings is 1. The Bertz CT molecular complexity index is 557. The van der Waals surface area contributed by atoms with E-state index in [0.717, 1.165) is 10.0 Å². The van der Waals surface area contributed by atoms with Crippen LogP contribution in [-0.2, 0) is 6.54 Å². The van der Waals surface area contributed by atoms with Crippen molar-refractivity contribution >= 4 is 33.4 Å². The lowest BCUT2D eigenvalue weighted by atomic mass is 10.2. The highest BCUT2D eigenvalue weighted by molar-refractivity contribution is 9.10. The topological polar surface area (TPSA) is 42.0 Å². The van der Waals surface area contributed by atoms with Gasteiger partial charge in [0.25, 0.3) is 5.91 Å². The van der Waals surface area contributed by atoms with Gasteiger partial charge in [-0.15, -0.1) is 0 Å². The Balaban J connectivity index is 2.01. The highest BCUT2D eigenvalue weighted by Gasteiger charge is 2.09. The van der Waals surface area contributed by atoms with Crippen molar-refractivity contribution in [3.63, 3.8) is 0 Å². The fourth-order valence-corrected chi connectivity index (χ4v) is 1.91. The minimum absolute atomic E-state index is 0.203. The van der Waals surface area contributed by atoms with Crippen molar-refractivity contribution in [3.8, 4) is 0 Å². The Kier molecular flexibility index (Phi) is 4.33. The second-order valence-electron chi connectivity index (χ2n) is 3.66. The average Bonchev–Trinajstić information content (AvgIpc) is 2.38. The molecule has 0 bridgehead atoms. The van der Waals surface area contributed by atoms with Gasteiger partial charge in [-0.05, 0) is 23.8 Å². The summed E-state index contributed by atoms with van der Waals surface area (Å²) < 4.78 is 1.01. The summed E-state index contributed by atoms with van der Waals surface area (Å²) in [6.07, 6.45) is 3.00. The zero-order valence-corrected chi connectivity index (χ0v) is 11.7. The minimum Gasteiger partial charge on any atom is -0.348 e. The van der Waals surface area contributed by atoms with Gasteiger partial charge < -0.3 is 5.32 Å². The molecule has 0 atom stereocenters. The molecule has 0 saturated heterocycles. The van der Waals surface area contributed by atoms with Crippen LogP contribution in [0.1, 0.15) is 15.9 Å². The van der Waals surface area contributed by atoms with Gasteiger partial charge in [-0.1, -0.05) is 39.7 Å². The second kappa shape index (κ2) is 5.98. The number of nitrogens with one attached hydrogen (secondary N) is 1. The molecular formula is C13H10BrClN2O. The summed E-state index contributed by atoms with van der Waals surface area (Å²) in [5.41, 5.74) is 1.46. The fourth-order valence-electron chi connectivity index (χ4n) is 1.44. The molecule has 1 heterocycles. The number of pyridine rings is 1. The first-order chi connectivity index (χ1) is 8.66. The lowest BCUT2D eigenvalue weighted by Crippen LogP contribution is -2.23. The molecule has 5 heteroatoms. The number of rotatable bonds is 3. The summed E-state index contributed by atoms with van der Waals surface area (Å²) in [7, 11) is 0. The van der Waals surface area contributed by atoms with Gasteiger partial charge >= 0.3 is 0 Å². The third kappa shape index (κ3) is 3.31.